The zero-order chi connectivity index (χ0) is 13.1. The van der Waals surface area contributed by atoms with Crippen LogP contribution in [0.1, 0.15) is 43.2 Å². The predicted octanol–water partition coefficient (Wildman–Crippen LogP) is 3.14. The molecule has 0 unspecified atom stereocenters. The molecule has 2 heteroatoms. The van der Waals surface area contributed by atoms with E-state index in [0.717, 1.165) is 6.04 Å². The van der Waals surface area contributed by atoms with Crippen LogP contribution in [0.25, 0.3) is 0 Å². The van der Waals surface area contributed by atoms with Crippen LogP contribution in [0.3, 0.4) is 0 Å². The molecule has 0 amide bonds. The van der Waals surface area contributed by atoms with Gasteiger partial charge >= 0.3 is 0 Å². The molecule has 3 rings (SSSR count). The van der Waals surface area contributed by atoms with E-state index in [1.165, 1.54) is 69.3 Å². The summed E-state index contributed by atoms with van der Waals surface area (Å²) in [5, 5.41) is 3.59. The van der Waals surface area contributed by atoms with Crippen molar-refractivity contribution in [2.45, 2.75) is 51.0 Å². The fourth-order valence-electron chi connectivity index (χ4n) is 3.04. The van der Waals surface area contributed by atoms with E-state index >= 15 is 0 Å². The van der Waals surface area contributed by atoms with Crippen LogP contribution >= 0.6 is 0 Å². The molecule has 19 heavy (non-hydrogen) atoms. The number of unbranched alkanes of at least 4 members (excludes halogenated alkanes) is 1. The number of hydrogen-bond donors (Lipinski definition) is 1. The van der Waals surface area contributed by atoms with Crippen molar-refractivity contribution in [3.05, 3.63) is 29.3 Å². The van der Waals surface area contributed by atoms with Gasteiger partial charge in [0.15, 0.2) is 0 Å². The van der Waals surface area contributed by atoms with Gasteiger partial charge in [-0.15, -0.1) is 0 Å². The van der Waals surface area contributed by atoms with Gasteiger partial charge in [0.25, 0.3) is 0 Å². The second kappa shape index (κ2) is 5.96. The van der Waals surface area contributed by atoms with Crippen LogP contribution in [0, 0.1) is 0 Å². The molecule has 0 bridgehead atoms. The summed E-state index contributed by atoms with van der Waals surface area (Å²) in [6.07, 6.45) is 9.23. The second-order valence-corrected chi connectivity index (χ2v) is 6.17. The van der Waals surface area contributed by atoms with Crippen LogP contribution in [-0.2, 0) is 12.8 Å². The minimum Gasteiger partial charge on any atom is -0.374 e. The first-order valence-corrected chi connectivity index (χ1v) is 7.89. The number of fused-ring (bicyclic) bond motifs is 1. The van der Waals surface area contributed by atoms with Crippen molar-refractivity contribution in [3.63, 3.8) is 0 Å². The largest absolute Gasteiger partial charge is 0.374 e. The number of hydrogen-bond acceptors (Lipinski definition) is 2. The average molecular weight is 258 g/mol. The molecule has 104 valence electrons. The van der Waals surface area contributed by atoms with Gasteiger partial charge in [0.1, 0.15) is 0 Å². The summed E-state index contributed by atoms with van der Waals surface area (Å²) in [5.41, 5.74) is 4.54. The number of benzene rings is 1. The van der Waals surface area contributed by atoms with Gasteiger partial charge < -0.3 is 10.2 Å². The zero-order valence-electron chi connectivity index (χ0n) is 12.1. The fraction of sp³-hybridized carbons (Fsp3) is 0.647. The first-order valence-electron chi connectivity index (χ1n) is 7.89. The van der Waals surface area contributed by atoms with Gasteiger partial charge in [0.2, 0.25) is 0 Å². The summed E-state index contributed by atoms with van der Waals surface area (Å²) in [6.45, 7) is 2.41. The maximum absolute atomic E-state index is 3.59. The summed E-state index contributed by atoms with van der Waals surface area (Å²) in [4.78, 5) is 2.39. The molecule has 1 saturated carbocycles. The molecule has 0 radical (unpaired) electrons. The van der Waals surface area contributed by atoms with Gasteiger partial charge in [-0.3, -0.25) is 0 Å². The third kappa shape index (κ3) is 3.50. The Balaban J connectivity index is 1.47. The number of nitrogens with one attached hydrogen (secondary N) is 1. The Hall–Kier alpha value is -1.02. The molecular formula is C17H26N2. The molecule has 1 aromatic carbocycles. The van der Waals surface area contributed by atoms with Crippen molar-refractivity contribution in [3.8, 4) is 0 Å². The monoisotopic (exact) mass is 258 g/mol. The van der Waals surface area contributed by atoms with E-state index < -0.39 is 0 Å². The van der Waals surface area contributed by atoms with Gasteiger partial charge in [0.05, 0.1) is 0 Å². The number of anilines is 1. The molecule has 1 N–H and O–H groups in total. The molecule has 1 fully saturated rings. The number of aryl methyl sites for hydroxylation is 2. The Morgan fingerprint density at radius 2 is 2.16 bits per heavy atom. The highest BCUT2D eigenvalue weighted by atomic mass is 15.1. The minimum absolute atomic E-state index is 0.860. The second-order valence-electron chi connectivity index (χ2n) is 6.17. The SMILES string of the molecule is CN1CCCc2cc(CCCCNC3CC3)ccc21. The molecular weight excluding hydrogens is 232 g/mol. The van der Waals surface area contributed by atoms with E-state index in [-0.39, 0.29) is 0 Å². The minimum atomic E-state index is 0.860. The van der Waals surface area contributed by atoms with Gasteiger partial charge in [-0.2, -0.15) is 0 Å². The molecule has 0 atom stereocenters. The third-order valence-electron chi connectivity index (χ3n) is 4.40. The van der Waals surface area contributed by atoms with Gasteiger partial charge in [0, 0.05) is 25.3 Å². The van der Waals surface area contributed by atoms with Crippen LogP contribution in [0.5, 0.6) is 0 Å². The van der Waals surface area contributed by atoms with Crippen LogP contribution in [-0.4, -0.2) is 26.2 Å². The van der Waals surface area contributed by atoms with Crippen LogP contribution in [0.15, 0.2) is 18.2 Å². The highest BCUT2D eigenvalue weighted by molar-refractivity contribution is 5.56. The summed E-state index contributed by atoms with van der Waals surface area (Å²) in [7, 11) is 2.21. The van der Waals surface area contributed by atoms with Gasteiger partial charge in [-0.25, -0.2) is 0 Å². The lowest BCUT2D eigenvalue weighted by molar-refractivity contribution is 0.619. The normalized spacial score (nSPS) is 18.5. The standard InChI is InChI=1S/C17H26N2/c1-19-12-4-6-15-13-14(7-10-17(15)19)5-2-3-11-18-16-8-9-16/h7,10,13,16,18H,2-6,8-9,11-12H2,1H3. The number of nitrogens with zero attached hydrogens (tertiary/aromatic N) is 1. The molecule has 0 spiro atoms. The summed E-state index contributed by atoms with van der Waals surface area (Å²) >= 11 is 0. The lowest BCUT2D eigenvalue weighted by Gasteiger charge is -2.27. The van der Waals surface area contributed by atoms with Crippen LogP contribution < -0.4 is 10.2 Å². The number of rotatable bonds is 6. The molecule has 2 nitrogen and oxygen atoms in total. The molecule has 1 aromatic rings. The first kappa shape index (κ1) is 13.0. The summed E-state index contributed by atoms with van der Waals surface area (Å²) in [5.74, 6) is 0. The lowest BCUT2D eigenvalue weighted by Crippen LogP contribution is -2.24. The van der Waals surface area contributed by atoms with E-state index in [0.29, 0.717) is 0 Å². The quantitative estimate of drug-likeness (QED) is 0.789. The average Bonchev–Trinajstić information content (AvgIpc) is 3.23. The van der Waals surface area contributed by atoms with Crippen LogP contribution in [0.4, 0.5) is 5.69 Å². The van der Waals surface area contributed by atoms with Crippen molar-refractivity contribution in [1.82, 2.24) is 5.32 Å². The Bertz CT molecular complexity index is 423. The smallest absolute Gasteiger partial charge is 0.0396 e. The highest BCUT2D eigenvalue weighted by Gasteiger charge is 2.19. The fourth-order valence-corrected chi connectivity index (χ4v) is 3.04. The first-order chi connectivity index (χ1) is 9.33. The topological polar surface area (TPSA) is 15.3 Å². The maximum atomic E-state index is 3.59. The predicted molar refractivity (Wildman–Crippen MR) is 82.0 cm³/mol. The van der Waals surface area contributed by atoms with E-state index in [1.54, 1.807) is 5.56 Å². The zero-order valence-corrected chi connectivity index (χ0v) is 12.1. The van der Waals surface area contributed by atoms with Crippen molar-refractivity contribution >= 4 is 5.69 Å². The van der Waals surface area contributed by atoms with E-state index in [9.17, 15) is 0 Å². The van der Waals surface area contributed by atoms with E-state index in [2.05, 4.69) is 35.5 Å². The maximum Gasteiger partial charge on any atom is 0.0396 e. The Morgan fingerprint density at radius 3 is 3.00 bits per heavy atom. The lowest BCUT2D eigenvalue weighted by atomic mass is 9.97. The Kier molecular flexibility index (Phi) is 4.07. The van der Waals surface area contributed by atoms with Crippen molar-refractivity contribution in [2.24, 2.45) is 0 Å². The Labute approximate surface area is 117 Å². The molecule has 0 saturated heterocycles. The Morgan fingerprint density at radius 1 is 1.26 bits per heavy atom. The van der Waals surface area contributed by atoms with Crippen molar-refractivity contribution < 1.29 is 0 Å². The third-order valence-corrected chi connectivity index (χ3v) is 4.40. The molecule has 0 aromatic heterocycles. The van der Waals surface area contributed by atoms with Crippen LogP contribution in [0.2, 0.25) is 0 Å². The molecule has 1 aliphatic carbocycles. The highest BCUT2D eigenvalue weighted by Crippen LogP contribution is 2.27. The van der Waals surface area contributed by atoms with Crippen molar-refractivity contribution in [1.29, 1.82) is 0 Å². The van der Waals surface area contributed by atoms with Gasteiger partial charge in [-0.05, 0) is 68.7 Å². The summed E-state index contributed by atoms with van der Waals surface area (Å²) in [6, 6.07) is 7.96. The molecule has 2 aliphatic rings. The van der Waals surface area contributed by atoms with Crippen molar-refractivity contribution in [2.75, 3.05) is 25.0 Å². The summed E-state index contributed by atoms with van der Waals surface area (Å²) < 4.78 is 0. The van der Waals surface area contributed by atoms with E-state index in [4.69, 9.17) is 0 Å². The molecule has 1 aliphatic heterocycles. The van der Waals surface area contributed by atoms with Gasteiger partial charge in [-0.1, -0.05) is 12.1 Å². The molecule has 1 heterocycles. The van der Waals surface area contributed by atoms with E-state index in [1.807, 2.05) is 0 Å².